The van der Waals surface area contributed by atoms with Crippen molar-refractivity contribution in [2.24, 2.45) is 5.92 Å². The van der Waals surface area contributed by atoms with Gasteiger partial charge < -0.3 is 4.74 Å². The zero-order chi connectivity index (χ0) is 13.8. The first kappa shape index (κ1) is 14.6. The predicted octanol–water partition coefficient (Wildman–Crippen LogP) is 4.52. The maximum absolute atomic E-state index is 6.15. The molecule has 0 atom stereocenters. The van der Waals surface area contributed by atoms with Crippen LogP contribution in [-0.2, 0) is 0 Å². The van der Waals surface area contributed by atoms with Gasteiger partial charge in [0.1, 0.15) is 11.0 Å². The topological polar surface area (TPSA) is 35.0 Å². The first-order valence-electron chi connectivity index (χ1n) is 7.24. The number of ether oxygens (including phenoxy) is 1. The Bertz CT molecular complexity index is 428. The van der Waals surface area contributed by atoms with Crippen molar-refractivity contribution in [3.8, 4) is 5.88 Å². The van der Waals surface area contributed by atoms with Crippen LogP contribution in [0.1, 0.15) is 63.3 Å². The van der Waals surface area contributed by atoms with E-state index in [9.17, 15) is 0 Å². The molecule has 3 nitrogen and oxygen atoms in total. The van der Waals surface area contributed by atoms with Crippen LogP contribution in [0.2, 0.25) is 5.15 Å². The summed E-state index contributed by atoms with van der Waals surface area (Å²) in [6, 6.07) is 0. The number of rotatable bonds is 4. The van der Waals surface area contributed by atoms with Gasteiger partial charge in [-0.2, -0.15) is 4.98 Å². The average molecular weight is 283 g/mol. The summed E-state index contributed by atoms with van der Waals surface area (Å²) in [5.74, 6) is 2.35. The Morgan fingerprint density at radius 1 is 1.21 bits per heavy atom. The molecule has 1 saturated carbocycles. The van der Waals surface area contributed by atoms with Crippen molar-refractivity contribution in [2.45, 2.75) is 58.8 Å². The zero-order valence-corrected chi connectivity index (χ0v) is 12.8. The molecule has 1 aliphatic carbocycles. The molecule has 0 N–H and O–H groups in total. The molecule has 0 amide bonds. The van der Waals surface area contributed by atoms with Gasteiger partial charge in [0, 0.05) is 11.5 Å². The second kappa shape index (κ2) is 6.56. The molecule has 1 aromatic heterocycles. The van der Waals surface area contributed by atoms with Gasteiger partial charge in [0.05, 0.1) is 6.61 Å². The first-order valence-corrected chi connectivity index (χ1v) is 7.62. The average Bonchev–Trinajstić information content (AvgIpc) is 2.41. The highest BCUT2D eigenvalue weighted by atomic mass is 35.5. The molecule has 1 aliphatic rings. The van der Waals surface area contributed by atoms with E-state index in [0.29, 0.717) is 17.0 Å². The minimum Gasteiger partial charge on any atom is -0.477 e. The largest absolute Gasteiger partial charge is 0.477 e. The summed E-state index contributed by atoms with van der Waals surface area (Å²) < 4.78 is 5.91. The minimum absolute atomic E-state index is 0.259. The summed E-state index contributed by atoms with van der Waals surface area (Å²) in [6.07, 6.45) is 6.57. The molecule has 0 spiro atoms. The Hall–Kier alpha value is -0.830. The van der Waals surface area contributed by atoms with Crippen molar-refractivity contribution in [3.63, 3.8) is 0 Å². The molecule has 1 fully saturated rings. The number of hydrogen-bond acceptors (Lipinski definition) is 3. The Kier molecular flexibility index (Phi) is 5.03. The van der Waals surface area contributed by atoms with Crippen LogP contribution in [0.5, 0.6) is 5.88 Å². The van der Waals surface area contributed by atoms with Gasteiger partial charge in [-0.1, -0.05) is 44.7 Å². The molecule has 4 heteroatoms. The quantitative estimate of drug-likeness (QED) is 0.762. The van der Waals surface area contributed by atoms with Gasteiger partial charge in [0.25, 0.3) is 0 Å². The van der Waals surface area contributed by atoms with Gasteiger partial charge in [-0.25, -0.2) is 4.98 Å². The van der Waals surface area contributed by atoms with Crippen LogP contribution < -0.4 is 4.74 Å². The summed E-state index contributed by atoms with van der Waals surface area (Å²) in [6.45, 7) is 6.80. The third-order valence-corrected chi connectivity index (χ3v) is 4.12. The van der Waals surface area contributed by atoms with Crippen molar-refractivity contribution in [1.29, 1.82) is 0 Å². The van der Waals surface area contributed by atoms with Crippen LogP contribution in [0.4, 0.5) is 0 Å². The van der Waals surface area contributed by atoms with E-state index < -0.39 is 0 Å². The van der Waals surface area contributed by atoms with E-state index in [1.54, 1.807) is 0 Å². The third kappa shape index (κ3) is 3.82. The molecule has 1 aromatic rings. The molecule has 0 aromatic carbocycles. The van der Waals surface area contributed by atoms with Crippen LogP contribution in [0.3, 0.4) is 0 Å². The van der Waals surface area contributed by atoms with Gasteiger partial charge >= 0.3 is 0 Å². The summed E-state index contributed by atoms with van der Waals surface area (Å²) in [5.41, 5.74) is 0.849. The van der Waals surface area contributed by atoms with E-state index in [2.05, 4.69) is 23.8 Å². The standard InChI is InChI=1S/C15H23ClN2O/c1-10(2)14-17-13(16)11(3)15(18-14)19-9-12-7-5-4-6-8-12/h10,12H,4-9H2,1-3H3. The van der Waals surface area contributed by atoms with Crippen molar-refractivity contribution in [1.82, 2.24) is 9.97 Å². The molecular weight excluding hydrogens is 260 g/mol. The SMILES string of the molecule is Cc1c(Cl)nc(C(C)C)nc1OCC1CCCCC1. The van der Waals surface area contributed by atoms with Crippen LogP contribution >= 0.6 is 11.6 Å². The van der Waals surface area contributed by atoms with Crippen molar-refractivity contribution >= 4 is 11.6 Å². The Labute approximate surface area is 120 Å². The fourth-order valence-corrected chi connectivity index (χ4v) is 2.60. The molecule has 0 bridgehead atoms. The maximum atomic E-state index is 6.15. The van der Waals surface area contributed by atoms with Crippen molar-refractivity contribution in [2.75, 3.05) is 6.61 Å². The van der Waals surface area contributed by atoms with Gasteiger partial charge in [0.15, 0.2) is 0 Å². The maximum Gasteiger partial charge on any atom is 0.221 e. The Morgan fingerprint density at radius 3 is 2.53 bits per heavy atom. The minimum atomic E-state index is 0.259. The molecule has 0 unspecified atom stereocenters. The van der Waals surface area contributed by atoms with Crippen molar-refractivity contribution in [3.05, 3.63) is 16.5 Å². The third-order valence-electron chi connectivity index (χ3n) is 3.76. The van der Waals surface area contributed by atoms with Gasteiger partial charge in [0.2, 0.25) is 5.88 Å². The zero-order valence-electron chi connectivity index (χ0n) is 12.1. The Morgan fingerprint density at radius 2 is 1.89 bits per heavy atom. The molecule has 106 valence electrons. The first-order chi connectivity index (χ1) is 9.08. The van der Waals surface area contributed by atoms with Crippen LogP contribution in [0, 0.1) is 12.8 Å². The molecule has 19 heavy (non-hydrogen) atoms. The number of halogens is 1. The van der Waals surface area contributed by atoms with Crippen molar-refractivity contribution < 1.29 is 4.74 Å². The highest BCUT2D eigenvalue weighted by Crippen LogP contribution is 2.27. The second-order valence-corrected chi connectivity index (χ2v) is 6.13. The predicted molar refractivity (Wildman–Crippen MR) is 77.9 cm³/mol. The normalized spacial score (nSPS) is 16.9. The highest BCUT2D eigenvalue weighted by Gasteiger charge is 2.17. The van der Waals surface area contributed by atoms with E-state index in [-0.39, 0.29) is 5.92 Å². The lowest BCUT2D eigenvalue weighted by molar-refractivity contribution is 0.201. The smallest absolute Gasteiger partial charge is 0.221 e. The fourth-order valence-electron chi connectivity index (χ4n) is 2.43. The molecule has 2 rings (SSSR count). The van der Waals surface area contributed by atoms with Crippen LogP contribution in [0.25, 0.3) is 0 Å². The number of nitrogens with zero attached hydrogens (tertiary/aromatic N) is 2. The summed E-state index contributed by atoms with van der Waals surface area (Å²) in [7, 11) is 0. The number of hydrogen-bond donors (Lipinski definition) is 0. The fraction of sp³-hybridized carbons (Fsp3) is 0.733. The van der Waals surface area contributed by atoms with Gasteiger partial charge in [-0.15, -0.1) is 0 Å². The molecule has 0 aliphatic heterocycles. The van der Waals surface area contributed by atoms with Gasteiger partial charge in [-0.3, -0.25) is 0 Å². The molecular formula is C15H23ClN2O. The van der Waals surface area contributed by atoms with Crippen LogP contribution in [-0.4, -0.2) is 16.6 Å². The van der Waals surface area contributed by atoms with E-state index in [0.717, 1.165) is 18.0 Å². The van der Waals surface area contributed by atoms with E-state index >= 15 is 0 Å². The van der Waals surface area contributed by atoms with Crippen LogP contribution in [0.15, 0.2) is 0 Å². The van der Waals surface area contributed by atoms with Gasteiger partial charge in [-0.05, 0) is 25.7 Å². The molecule has 1 heterocycles. The van der Waals surface area contributed by atoms with E-state index in [1.165, 1.54) is 32.1 Å². The monoisotopic (exact) mass is 282 g/mol. The lowest BCUT2D eigenvalue weighted by Crippen LogP contribution is -2.16. The van der Waals surface area contributed by atoms with E-state index in [1.807, 2.05) is 6.92 Å². The molecule has 0 radical (unpaired) electrons. The summed E-state index contributed by atoms with van der Waals surface area (Å²) >= 11 is 6.15. The lowest BCUT2D eigenvalue weighted by atomic mass is 9.90. The summed E-state index contributed by atoms with van der Waals surface area (Å²) in [5, 5.41) is 0.511. The summed E-state index contributed by atoms with van der Waals surface area (Å²) in [4.78, 5) is 8.80. The molecule has 0 saturated heterocycles. The lowest BCUT2D eigenvalue weighted by Gasteiger charge is -2.22. The highest BCUT2D eigenvalue weighted by molar-refractivity contribution is 6.30. The van der Waals surface area contributed by atoms with E-state index in [4.69, 9.17) is 16.3 Å². The Balaban J connectivity index is 2.05. The number of aromatic nitrogens is 2. The second-order valence-electron chi connectivity index (χ2n) is 5.77.